The van der Waals surface area contributed by atoms with Crippen LogP contribution in [0.5, 0.6) is 11.5 Å². The number of benzene rings is 2. The van der Waals surface area contributed by atoms with Gasteiger partial charge >= 0.3 is 0 Å². The van der Waals surface area contributed by atoms with Crippen LogP contribution in [-0.4, -0.2) is 29.3 Å². The first-order valence-corrected chi connectivity index (χ1v) is 10.4. The summed E-state index contributed by atoms with van der Waals surface area (Å²) in [4.78, 5) is 12.7. The summed E-state index contributed by atoms with van der Waals surface area (Å²) in [5.74, 6) is 1.23. The first-order chi connectivity index (χ1) is 13.8. The second kappa shape index (κ2) is 7.71. The first kappa shape index (κ1) is 19.8. The second-order valence-corrected chi connectivity index (χ2v) is 8.68. The summed E-state index contributed by atoms with van der Waals surface area (Å²) in [6.45, 7) is 6.88. The molecule has 2 aromatic carbocycles. The van der Waals surface area contributed by atoms with Gasteiger partial charge in [0.2, 0.25) is 0 Å². The van der Waals surface area contributed by atoms with Crippen molar-refractivity contribution in [1.82, 2.24) is 5.32 Å². The number of ether oxygens (including phenoxy) is 2. The zero-order valence-electron chi connectivity index (χ0n) is 17.3. The Kier molecular flexibility index (Phi) is 5.26. The summed E-state index contributed by atoms with van der Waals surface area (Å²) >= 11 is 0. The summed E-state index contributed by atoms with van der Waals surface area (Å²) in [7, 11) is 0. The number of hydrogen-bond acceptors (Lipinski definition) is 4. The van der Waals surface area contributed by atoms with Gasteiger partial charge in [-0.05, 0) is 75.9 Å². The van der Waals surface area contributed by atoms with Gasteiger partial charge < -0.3 is 19.9 Å². The third kappa shape index (κ3) is 4.10. The third-order valence-corrected chi connectivity index (χ3v) is 6.11. The SMILES string of the molecule is C[C@@H]1CC[C@@H]2[C@@H](O1)c1cc(C(=O)NCCc3ccc(O)cc3)ccc1OC2(C)C. The fourth-order valence-electron chi connectivity index (χ4n) is 4.43. The molecule has 0 unspecified atom stereocenters. The molecule has 4 rings (SSSR count). The number of phenols is 1. The molecule has 0 radical (unpaired) electrons. The van der Waals surface area contributed by atoms with Crippen LogP contribution in [0.25, 0.3) is 0 Å². The molecule has 0 aliphatic carbocycles. The summed E-state index contributed by atoms with van der Waals surface area (Å²) in [5.41, 5.74) is 2.38. The van der Waals surface area contributed by atoms with E-state index in [0.717, 1.165) is 29.7 Å². The lowest BCUT2D eigenvalue weighted by Gasteiger charge is -2.48. The largest absolute Gasteiger partial charge is 0.508 e. The van der Waals surface area contributed by atoms with E-state index in [0.29, 0.717) is 18.5 Å². The van der Waals surface area contributed by atoms with Crippen LogP contribution in [0.1, 0.15) is 61.2 Å². The number of fused-ring (bicyclic) bond motifs is 3. The predicted molar refractivity (Wildman–Crippen MR) is 111 cm³/mol. The molecule has 2 N–H and O–H groups in total. The second-order valence-electron chi connectivity index (χ2n) is 8.68. The van der Waals surface area contributed by atoms with Gasteiger partial charge in [0.1, 0.15) is 17.1 Å². The van der Waals surface area contributed by atoms with Gasteiger partial charge in [-0.25, -0.2) is 0 Å². The van der Waals surface area contributed by atoms with Crippen LogP contribution >= 0.6 is 0 Å². The van der Waals surface area contributed by atoms with Gasteiger partial charge in [-0.3, -0.25) is 4.79 Å². The van der Waals surface area contributed by atoms with E-state index in [1.54, 1.807) is 12.1 Å². The molecule has 0 spiro atoms. The molecule has 1 amide bonds. The van der Waals surface area contributed by atoms with Crippen LogP contribution in [0.2, 0.25) is 0 Å². The van der Waals surface area contributed by atoms with Crippen molar-refractivity contribution < 1.29 is 19.4 Å². The van der Waals surface area contributed by atoms with Crippen LogP contribution in [0, 0.1) is 5.92 Å². The Labute approximate surface area is 172 Å². The molecule has 0 saturated carbocycles. The highest BCUT2D eigenvalue weighted by atomic mass is 16.5. The fourth-order valence-corrected chi connectivity index (χ4v) is 4.43. The number of amides is 1. The molecule has 154 valence electrons. The highest BCUT2D eigenvalue weighted by molar-refractivity contribution is 5.94. The van der Waals surface area contributed by atoms with Crippen molar-refractivity contribution in [3.63, 3.8) is 0 Å². The van der Waals surface area contributed by atoms with Gasteiger partial charge in [0.25, 0.3) is 5.91 Å². The number of carbonyl (C=O) groups excluding carboxylic acids is 1. The standard InChI is InChI=1S/C24H29NO4/c1-15-4-10-20-22(28-15)19-14-17(7-11-21(19)29-24(20,2)3)23(27)25-13-12-16-5-8-18(26)9-6-16/h5-9,11,14-15,20,22,26H,4,10,12-13H2,1-3H3,(H,25,27)/t15-,20-,22+/m1/s1. The lowest BCUT2D eigenvalue weighted by molar-refractivity contribution is -0.144. The number of nitrogens with one attached hydrogen (secondary N) is 1. The van der Waals surface area contributed by atoms with Crippen molar-refractivity contribution in [3.8, 4) is 11.5 Å². The van der Waals surface area contributed by atoms with E-state index in [4.69, 9.17) is 9.47 Å². The predicted octanol–water partition coefficient (Wildman–Crippen LogP) is 4.39. The maximum Gasteiger partial charge on any atom is 0.251 e. The zero-order valence-corrected chi connectivity index (χ0v) is 17.3. The molecule has 0 bridgehead atoms. The minimum absolute atomic E-state index is 0.0396. The summed E-state index contributed by atoms with van der Waals surface area (Å²) < 4.78 is 12.6. The molecule has 0 aromatic heterocycles. The lowest BCUT2D eigenvalue weighted by atomic mass is 9.75. The molecule has 5 nitrogen and oxygen atoms in total. The van der Waals surface area contributed by atoms with E-state index >= 15 is 0 Å². The first-order valence-electron chi connectivity index (χ1n) is 10.4. The zero-order chi connectivity index (χ0) is 20.6. The Balaban J connectivity index is 1.47. The number of rotatable bonds is 4. The van der Waals surface area contributed by atoms with Crippen molar-refractivity contribution in [2.75, 3.05) is 6.54 Å². The molecule has 2 aromatic rings. The maximum atomic E-state index is 12.7. The highest BCUT2D eigenvalue weighted by Crippen LogP contribution is 2.50. The van der Waals surface area contributed by atoms with Crippen LogP contribution in [0.15, 0.2) is 42.5 Å². The lowest BCUT2D eigenvalue weighted by Crippen LogP contribution is -2.48. The Morgan fingerprint density at radius 3 is 2.69 bits per heavy atom. The van der Waals surface area contributed by atoms with Crippen molar-refractivity contribution in [1.29, 1.82) is 0 Å². The van der Waals surface area contributed by atoms with E-state index in [-0.39, 0.29) is 35.4 Å². The topological polar surface area (TPSA) is 67.8 Å². The minimum Gasteiger partial charge on any atom is -0.508 e. The van der Waals surface area contributed by atoms with Gasteiger partial charge in [-0.2, -0.15) is 0 Å². The smallest absolute Gasteiger partial charge is 0.251 e. The molecule has 2 aliphatic rings. The molecular weight excluding hydrogens is 366 g/mol. The molecule has 1 saturated heterocycles. The number of phenolic OH excluding ortho intramolecular Hbond substituents is 1. The van der Waals surface area contributed by atoms with Crippen LogP contribution in [-0.2, 0) is 11.2 Å². The van der Waals surface area contributed by atoms with E-state index in [1.165, 1.54) is 0 Å². The molecule has 2 aliphatic heterocycles. The van der Waals surface area contributed by atoms with Crippen molar-refractivity contribution >= 4 is 5.91 Å². The van der Waals surface area contributed by atoms with Gasteiger partial charge in [0, 0.05) is 23.6 Å². The monoisotopic (exact) mass is 395 g/mol. The van der Waals surface area contributed by atoms with Crippen molar-refractivity contribution in [2.24, 2.45) is 5.92 Å². The van der Waals surface area contributed by atoms with Gasteiger partial charge in [0.15, 0.2) is 0 Å². The van der Waals surface area contributed by atoms with E-state index in [2.05, 4.69) is 26.1 Å². The average Bonchev–Trinajstić information content (AvgIpc) is 2.68. The van der Waals surface area contributed by atoms with Gasteiger partial charge in [-0.15, -0.1) is 0 Å². The third-order valence-electron chi connectivity index (χ3n) is 6.11. The Bertz CT molecular complexity index is 890. The minimum atomic E-state index is -0.286. The van der Waals surface area contributed by atoms with Gasteiger partial charge in [-0.1, -0.05) is 12.1 Å². The van der Waals surface area contributed by atoms with E-state index in [9.17, 15) is 9.90 Å². The highest BCUT2D eigenvalue weighted by Gasteiger charge is 2.47. The summed E-state index contributed by atoms with van der Waals surface area (Å²) in [6.07, 6.45) is 2.96. The van der Waals surface area contributed by atoms with Crippen LogP contribution < -0.4 is 10.1 Å². The Hall–Kier alpha value is -2.53. The van der Waals surface area contributed by atoms with Crippen molar-refractivity contribution in [2.45, 2.75) is 57.8 Å². The fraction of sp³-hybridized carbons (Fsp3) is 0.458. The number of carbonyl (C=O) groups is 1. The molecule has 1 fully saturated rings. The van der Waals surface area contributed by atoms with E-state index in [1.807, 2.05) is 30.3 Å². The van der Waals surface area contributed by atoms with Gasteiger partial charge in [0.05, 0.1) is 12.2 Å². The van der Waals surface area contributed by atoms with Crippen molar-refractivity contribution in [3.05, 3.63) is 59.2 Å². The molecular formula is C24H29NO4. The number of aromatic hydroxyl groups is 1. The normalized spacial score (nSPS) is 24.7. The molecule has 3 atom stereocenters. The molecule has 5 heteroatoms. The quantitative estimate of drug-likeness (QED) is 0.806. The van der Waals surface area contributed by atoms with Crippen LogP contribution in [0.4, 0.5) is 0 Å². The van der Waals surface area contributed by atoms with E-state index < -0.39 is 0 Å². The Morgan fingerprint density at radius 1 is 1.17 bits per heavy atom. The summed E-state index contributed by atoms with van der Waals surface area (Å²) in [5, 5.41) is 12.3. The maximum absolute atomic E-state index is 12.7. The molecule has 29 heavy (non-hydrogen) atoms. The average molecular weight is 395 g/mol. The Morgan fingerprint density at radius 2 is 1.93 bits per heavy atom. The number of hydrogen-bond donors (Lipinski definition) is 2. The van der Waals surface area contributed by atoms with Crippen LogP contribution in [0.3, 0.4) is 0 Å². The summed E-state index contributed by atoms with van der Waals surface area (Å²) in [6, 6.07) is 12.7. The molecule has 2 heterocycles.